The maximum absolute atomic E-state index is 13.3. The quantitative estimate of drug-likeness (QED) is 0.714. The van der Waals surface area contributed by atoms with Crippen LogP contribution >= 0.6 is 15.9 Å². The monoisotopic (exact) mass is 346 g/mol. The lowest BCUT2D eigenvalue weighted by atomic mass is 10.1. The number of hydrogen-bond donors (Lipinski definition) is 3. The highest BCUT2D eigenvalue weighted by Gasteiger charge is 2.22. The average Bonchev–Trinajstić information content (AvgIpc) is 2.36. The molecule has 4 N–H and O–H groups in total. The summed E-state index contributed by atoms with van der Waals surface area (Å²) in [5, 5.41) is 11.2. The van der Waals surface area contributed by atoms with Gasteiger partial charge in [-0.15, -0.1) is 0 Å². The number of carbonyl (C=O) groups is 3. The van der Waals surface area contributed by atoms with Gasteiger partial charge in [-0.1, -0.05) is 6.07 Å². The van der Waals surface area contributed by atoms with E-state index in [9.17, 15) is 18.8 Å². The Morgan fingerprint density at radius 3 is 2.60 bits per heavy atom. The van der Waals surface area contributed by atoms with Gasteiger partial charge in [0.1, 0.15) is 11.9 Å². The Labute approximate surface area is 122 Å². The van der Waals surface area contributed by atoms with Gasteiger partial charge in [0, 0.05) is 6.42 Å². The van der Waals surface area contributed by atoms with Crippen LogP contribution in [0.2, 0.25) is 0 Å². The third-order valence-electron chi connectivity index (χ3n) is 2.48. The summed E-state index contributed by atoms with van der Waals surface area (Å²) >= 11 is 2.91. The first kappa shape index (κ1) is 16.1. The van der Waals surface area contributed by atoms with Crippen molar-refractivity contribution in [2.24, 2.45) is 5.73 Å². The van der Waals surface area contributed by atoms with Crippen molar-refractivity contribution in [2.75, 3.05) is 0 Å². The molecule has 0 heterocycles. The molecule has 108 valence electrons. The van der Waals surface area contributed by atoms with Gasteiger partial charge in [-0.05, 0) is 34.5 Å². The second-order valence-corrected chi connectivity index (χ2v) is 4.76. The molecule has 0 fully saturated rings. The molecule has 8 heteroatoms. The summed E-state index contributed by atoms with van der Waals surface area (Å²) in [7, 11) is 0. The number of carboxylic acid groups (broad SMARTS) is 1. The van der Waals surface area contributed by atoms with Gasteiger partial charge in [0.25, 0.3) is 5.91 Å². The predicted molar refractivity (Wildman–Crippen MR) is 71.4 cm³/mol. The molecule has 1 aromatic carbocycles. The minimum Gasteiger partial charge on any atom is -0.480 e. The standard InChI is InChI=1S/C12H12BrFN2O4/c13-10-6(2-1-3-7(10)14)11(18)16-8(12(19)20)4-5-9(15)17/h1-3,8H,4-5H2,(H2,15,17)(H,16,18)(H,19,20)/t8-/m1/s1. The molecule has 1 aromatic rings. The Morgan fingerprint density at radius 2 is 2.05 bits per heavy atom. The van der Waals surface area contributed by atoms with Crippen molar-refractivity contribution in [2.45, 2.75) is 18.9 Å². The largest absolute Gasteiger partial charge is 0.480 e. The van der Waals surface area contributed by atoms with E-state index in [1.54, 1.807) is 0 Å². The molecule has 2 amide bonds. The van der Waals surface area contributed by atoms with Gasteiger partial charge in [-0.3, -0.25) is 9.59 Å². The van der Waals surface area contributed by atoms with Crippen LogP contribution in [0.25, 0.3) is 0 Å². The molecule has 1 atom stereocenters. The van der Waals surface area contributed by atoms with E-state index in [0.29, 0.717) is 0 Å². The fraction of sp³-hybridized carbons (Fsp3) is 0.250. The van der Waals surface area contributed by atoms with Crippen molar-refractivity contribution in [3.05, 3.63) is 34.1 Å². The number of hydrogen-bond acceptors (Lipinski definition) is 3. The summed E-state index contributed by atoms with van der Waals surface area (Å²) < 4.78 is 13.2. The van der Waals surface area contributed by atoms with E-state index in [1.165, 1.54) is 12.1 Å². The molecule has 0 aromatic heterocycles. The van der Waals surface area contributed by atoms with Gasteiger partial charge < -0.3 is 16.2 Å². The zero-order valence-corrected chi connectivity index (χ0v) is 11.8. The molecule has 0 bridgehead atoms. The van der Waals surface area contributed by atoms with Gasteiger partial charge in [0.05, 0.1) is 10.0 Å². The van der Waals surface area contributed by atoms with E-state index in [1.807, 2.05) is 0 Å². The smallest absolute Gasteiger partial charge is 0.326 e. The Kier molecular flexibility index (Phi) is 5.63. The molecular formula is C12H12BrFN2O4. The van der Waals surface area contributed by atoms with Crippen molar-refractivity contribution in [3.8, 4) is 0 Å². The molecule has 20 heavy (non-hydrogen) atoms. The highest BCUT2D eigenvalue weighted by atomic mass is 79.9. The first-order valence-corrected chi connectivity index (χ1v) is 6.38. The van der Waals surface area contributed by atoms with E-state index in [0.717, 1.165) is 6.07 Å². The molecule has 0 aliphatic rings. The van der Waals surface area contributed by atoms with Crippen LogP contribution in [-0.4, -0.2) is 28.9 Å². The van der Waals surface area contributed by atoms with Crippen molar-refractivity contribution in [3.63, 3.8) is 0 Å². The predicted octanol–water partition coefficient (Wildman–Crippen LogP) is 1.04. The van der Waals surface area contributed by atoms with Crippen LogP contribution in [0.4, 0.5) is 4.39 Å². The summed E-state index contributed by atoms with van der Waals surface area (Å²) in [5.74, 6) is -3.36. The number of nitrogens with two attached hydrogens (primary N) is 1. The second-order valence-electron chi connectivity index (χ2n) is 3.97. The molecule has 0 spiro atoms. The van der Waals surface area contributed by atoms with Crippen LogP contribution in [0, 0.1) is 5.82 Å². The Bertz CT molecular complexity index is 550. The number of amides is 2. The lowest BCUT2D eigenvalue weighted by Crippen LogP contribution is -2.41. The average molecular weight is 347 g/mol. The minimum absolute atomic E-state index is 0.0321. The van der Waals surface area contributed by atoms with Gasteiger partial charge in [0.2, 0.25) is 5.91 Å². The minimum atomic E-state index is -1.30. The maximum Gasteiger partial charge on any atom is 0.326 e. The second kappa shape index (κ2) is 6.99. The van der Waals surface area contributed by atoms with E-state index >= 15 is 0 Å². The summed E-state index contributed by atoms with van der Waals surface area (Å²) in [6, 6.07) is 2.55. The van der Waals surface area contributed by atoms with Gasteiger partial charge in [0.15, 0.2) is 0 Å². The van der Waals surface area contributed by atoms with E-state index < -0.39 is 29.6 Å². The molecule has 6 nitrogen and oxygen atoms in total. The van der Waals surface area contributed by atoms with Crippen molar-refractivity contribution < 1.29 is 23.9 Å². The number of aliphatic carboxylic acids is 1. The SMILES string of the molecule is NC(=O)CC[C@@H](NC(=O)c1cccc(F)c1Br)C(=O)O. The summed E-state index contributed by atoms with van der Waals surface area (Å²) in [5.41, 5.74) is 4.89. The number of carbonyl (C=O) groups excluding carboxylic acids is 2. The molecule has 0 radical (unpaired) electrons. The van der Waals surface area contributed by atoms with Crippen LogP contribution in [0.15, 0.2) is 22.7 Å². The fourth-order valence-corrected chi connectivity index (χ4v) is 1.90. The van der Waals surface area contributed by atoms with E-state index in [4.69, 9.17) is 10.8 Å². The first-order valence-electron chi connectivity index (χ1n) is 5.59. The number of carboxylic acids is 1. The number of halogens is 2. The van der Waals surface area contributed by atoms with Crippen LogP contribution < -0.4 is 11.1 Å². The molecule has 0 aliphatic carbocycles. The molecule has 0 saturated carbocycles. The van der Waals surface area contributed by atoms with Crippen LogP contribution in [0.1, 0.15) is 23.2 Å². The number of benzene rings is 1. The topological polar surface area (TPSA) is 109 Å². The highest BCUT2D eigenvalue weighted by molar-refractivity contribution is 9.10. The molecule has 1 rings (SSSR count). The molecule has 0 aliphatic heterocycles. The number of nitrogens with one attached hydrogen (secondary N) is 1. The zero-order valence-electron chi connectivity index (χ0n) is 10.2. The number of primary amides is 1. The van der Waals surface area contributed by atoms with Gasteiger partial charge in [-0.2, -0.15) is 0 Å². The van der Waals surface area contributed by atoms with Crippen molar-refractivity contribution in [1.82, 2.24) is 5.32 Å². The third kappa shape index (κ3) is 4.30. The zero-order chi connectivity index (χ0) is 15.3. The van der Waals surface area contributed by atoms with E-state index in [-0.39, 0.29) is 22.9 Å². The molecule has 0 unspecified atom stereocenters. The van der Waals surface area contributed by atoms with Crippen molar-refractivity contribution in [1.29, 1.82) is 0 Å². The van der Waals surface area contributed by atoms with Crippen LogP contribution in [0.5, 0.6) is 0 Å². The van der Waals surface area contributed by atoms with Crippen molar-refractivity contribution >= 4 is 33.7 Å². The highest BCUT2D eigenvalue weighted by Crippen LogP contribution is 2.20. The lowest BCUT2D eigenvalue weighted by Gasteiger charge is -2.14. The Balaban J connectivity index is 2.83. The summed E-state index contributed by atoms with van der Waals surface area (Å²) in [6.45, 7) is 0. The Morgan fingerprint density at radius 1 is 1.40 bits per heavy atom. The first-order chi connectivity index (χ1) is 9.32. The summed E-state index contributed by atoms with van der Waals surface area (Å²) in [4.78, 5) is 33.5. The fourth-order valence-electron chi connectivity index (χ4n) is 1.46. The third-order valence-corrected chi connectivity index (χ3v) is 3.29. The number of rotatable bonds is 6. The summed E-state index contributed by atoms with van der Waals surface area (Å²) in [6.07, 6.45) is -0.315. The van der Waals surface area contributed by atoms with Gasteiger partial charge in [-0.25, -0.2) is 9.18 Å². The van der Waals surface area contributed by atoms with Crippen LogP contribution in [0.3, 0.4) is 0 Å². The lowest BCUT2D eigenvalue weighted by molar-refractivity contribution is -0.139. The van der Waals surface area contributed by atoms with E-state index in [2.05, 4.69) is 21.2 Å². The van der Waals surface area contributed by atoms with Gasteiger partial charge >= 0.3 is 5.97 Å². The van der Waals surface area contributed by atoms with Crippen LogP contribution in [-0.2, 0) is 9.59 Å². The Hall–Kier alpha value is -1.96. The molecule has 0 saturated heterocycles. The molecular weight excluding hydrogens is 335 g/mol. The normalized spacial score (nSPS) is 11.7. The maximum atomic E-state index is 13.3.